The van der Waals surface area contributed by atoms with E-state index in [4.69, 9.17) is 0 Å². The molecule has 172 valence electrons. The third-order valence-electron chi connectivity index (χ3n) is 5.85. The molecule has 0 bridgehead atoms. The number of carbonyl (C=O) groups is 2. The second kappa shape index (κ2) is 9.95. The van der Waals surface area contributed by atoms with Crippen molar-refractivity contribution in [1.29, 1.82) is 0 Å². The predicted molar refractivity (Wildman–Crippen MR) is 105 cm³/mol. The molecule has 2 saturated heterocycles. The Hall–Kier alpha value is -2.20. The lowest BCUT2D eigenvalue weighted by atomic mass is 9.96. The molecule has 0 spiro atoms. The van der Waals surface area contributed by atoms with E-state index in [2.05, 4.69) is 5.32 Å². The van der Waals surface area contributed by atoms with Crippen molar-refractivity contribution in [3.63, 3.8) is 0 Å². The summed E-state index contributed by atoms with van der Waals surface area (Å²) in [6, 6.07) is 1.77. The molecular formula is C21H27F4N3O3. The number of piperidine rings is 2. The second-order valence-corrected chi connectivity index (χ2v) is 8.29. The molecule has 1 atom stereocenters. The molecule has 31 heavy (non-hydrogen) atoms. The molecular weight excluding hydrogens is 418 g/mol. The summed E-state index contributed by atoms with van der Waals surface area (Å²) >= 11 is 0. The average Bonchev–Trinajstić information content (AvgIpc) is 2.71. The van der Waals surface area contributed by atoms with E-state index >= 15 is 0 Å². The van der Waals surface area contributed by atoms with Gasteiger partial charge in [-0.05, 0) is 56.3 Å². The van der Waals surface area contributed by atoms with Crippen LogP contribution in [-0.4, -0.2) is 72.1 Å². The van der Waals surface area contributed by atoms with Crippen LogP contribution in [0.5, 0.6) is 0 Å². The van der Waals surface area contributed by atoms with Gasteiger partial charge >= 0.3 is 6.18 Å². The van der Waals surface area contributed by atoms with E-state index in [-0.39, 0.29) is 36.6 Å². The normalized spacial score (nSPS) is 21.2. The lowest BCUT2D eigenvalue weighted by Gasteiger charge is -2.35. The standard InChI is InChI=1S/C21H27F4N3O3/c22-17-9-15(8-16(10-17)21(23,24)25)20(31)26-11-14-3-6-28(7-4-14)19(30)13-27-5-1-2-18(29)12-27/h8-10,14,18,29H,1-7,11-13H2,(H,26,31). The molecule has 0 aromatic heterocycles. The van der Waals surface area contributed by atoms with Gasteiger partial charge in [0.2, 0.25) is 5.91 Å². The lowest BCUT2D eigenvalue weighted by molar-refractivity contribution is -0.138. The summed E-state index contributed by atoms with van der Waals surface area (Å²) in [5, 5.41) is 12.3. The van der Waals surface area contributed by atoms with Gasteiger partial charge in [0.05, 0.1) is 18.2 Å². The number of amides is 2. The number of β-amino-alcohol motifs (C(OH)–C–C–N with tert-alkyl or cyclic N) is 1. The van der Waals surface area contributed by atoms with E-state index in [0.717, 1.165) is 25.5 Å². The van der Waals surface area contributed by atoms with E-state index in [1.807, 2.05) is 4.90 Å². The largest absolute Gasteiger partial charge is 0.416 e. The number of hydrogen-bond acceptors (Lipinski definition) is 4. The minimum Gasteiger partial charge on any atom is -0.392 e. The van der Waals surface area contributed by atoms with E-state index in [1.54, 1.807) is 4.90 Å². The van der Waals surface area contributed by atoms with Crippen LogP contribution < -0.4 is 5.32 Å². The highest BCUT2D eigenvalue weighted by molar-refractivity contribution is 5.94. The van der Waals surface area contributed by atoms with Crippen LogP contribution >= 0.6 is 0 Å². The molecule has 0 saturated carbocycles. The summed E-state index contributed by atoms with van der Waals surface area (Å²) in [4.78, 5) is 28.4. The molecule has 1 aromatic rings. The number of carbonyl (C=O) groups excluding carboxylic acids is 2. The number of hydrogen-bond donors (Lipinski definition) is 2. The quantitative estimate of drug-likeness (QED) is 0.683. The first-order valence-corrected chi connectivity index (χ1v) is 10.5. The van der Waals surface area contributed by atoms with E-state index in [0.29, 0.717) is 44.6 Å². The highest BCUT2D eigenvalue weighted by Crippen LogP contribution is 2.30. The number of rotatable bonds is 5. The van der Waals surface area contributed by atoms with Crippen molar-refractivity contribution in [2.45, 2.75) is 38.0 Å². The first-order chi connectivity index (χ1) is 14.6. The fraction of sp³-hybridized carbons (Fsp3) is 0.619. The highest BCUT2D eigenvalue weighted by atomic mass is 19.4. The Labute approximate surface area is 178 Å². The number of nitrogens with zero attached hydrogens (tertiary/aromatic N) is 2. The first kappa shape index (κ1) is 23.5. The Balaban J connectivity index is 1.44. The predicted octanol–water partition coefficient (Wildman–Crippen LogP) is 2.27. The van der Waals surface area contributed by atoms with Crippen molar-refractivity contribution >= 4 is 11.8 Å². The topological polar surface area (TPSA) is 72.9 Å². The molecule has 2 aliphatic rings. The van der Waals surface area contributed by atoms with Crippen LogP contribution in [0.15, 0.2) is 18.2 Å². The summed E-state index contributed by atoms with van der Waals surface area (Å²) in [7, 11) is 0. The lowest BCUT2D eigenvalue weighted by Crippen LogP contribution is -2.48. The van der Waals surface area contributed by atoms with Crippen LogP contribution in [0.4, 0.5) is 17.6 Å². The fourth-order valence-corrected chi connectivity index (χ4v) is 4.08. The maximum Gasteiger partial charge on any atom is 0.416 e. The van der Waals surface area contributed by atoms with Crippen molar-refractivity contribution in [1.82, 2.24) is 15.1 Å². The molecule has 2 amide bonds. The van der Waals surface area contributed by atoms with Crippen LogP contribution in [0.1, 0.15) is 41.6 Å². The SMILES string of the molecule is O=C(NCC1CCN(C(=O)CN2CCCC(O)C2)CC1)c1cc(F)cc(C(F)(F)F)c1. The third kappa shape index (κ3) is 6.64. The van der Waals surface area contributed by atoms with Crippen LogP contribution in [0.25, 0.3) is 0 Å². The molecule has 2 heterocycles. The minimum absolute atomic E-state index is 0.0102. The zero-order valence-corrected chi connectivity index (χ0v) is 17.1. The van der Waals surface area contributed by atoms with Gasteiger partial charge in [-0.15, -0.1) is 0 Å². The monoisotopic (exact) mass is 445 g/mol. The van der Waals surface area contributed by atoms with Crippen LogP contribution in [-0.2, 0) is 11.0 Å². The zero-order valence-electron chi connectivity index (χ0n) is 17.1. The third-order valence-corrected chi connectivity index (χ3v) is 5.85. The molecule has 0 radical (unpaired) electrons. The Kier molecular flexibility index (Phi) is 7.53. The summed E-state index contributed by atoms with van der Waals surface area (Å²) < 4.78 is 51.9. The summed E-state index contributed by atoms with van der Waals surface area (Å²) in [5.41, 5.74) is -1.57. The molecule has 1 unspecified atom stereocenters. The second-order valence-electron chi connectivity index (χ2n) is 8.29. The number of likely N-dealkylation sites (tertiary alicyclic amines) is 2. The van der Waals surface area contributed by atoms with Gasteiger partial charge in [0.25, 0.3) is 5.91 Å². The van der Waals surface area contributed by atoms with Gasteiger partial charge in [0.1, 0.15) is 5.82 Å². The Morgan fingerprint density at radius 1 is 1.10 bits per heavy atom. The molecule has 10 heteroatoms. The van der Waals surface area contributed by atoms with Crippen molar-refractivity contribution < 1.29 is 32.3 Å². The molecule has 0 aliphatic carbocycles. The van der Waals surface area contributed by atoms with Gasteiger partial charge < -0.3 is 15.3 Å². The van der Waals surface area contributed by atoms with Crippen LogP contribution in [0.2, 0.25) is 0 Å². The first-order valence-electron chi connectivity index (χ1n) is 10.5. The van der Waals surface area contributed by atoms with Crippen molar-refractivity contribution in [2.75, 3.05) is 39.3 Å². The Morgan fingerprint density at radius 2 is 1.81 bits per heavy atom. The van der Waals surface area contributed by atoms with E-state index < -0.39 is 23.5 Å². The number of benzene rings is 1. The Bertz CT molecular complexity index is 795. The van der Waals surface area contributed by atoms with Crippen molar-refractivity contribution in [2.24, 2.45) is 5.92 Å². The number of alkyl halides is 3. The summed E-state index contributed by atoms with van der Waals surface area (Å²) in [5.74, 6) is -1.78. The Morgan fingerprint density at radius 3 is 2.45 bits per heavy atom. The van der Waals surface area contributed by atoms with Gasteiger partial charge in [-0.2, -0.15) is 13.2 Å². The number of aliphatic hydroxyl groups excluding tert-OH is 1. The van der Waals surface area contributed by atoms with Crippen LogP contribution in [0, 0.1) is 11.7 Å². The van der Waals surface area contributed by atoms with Gasteiger partial charge in [-0.3, -0.25) is 14.5 Å². The zero-order chi connectivity index (χ0) is 22.6. The molecule has 3 rings (SSSR count). The van der Waals surface area contributed by atoms with Gasteiger partial charge in [0.15, 0.2) is 0 Å². The highest BCUT2D eigenvalue weighted by Gasteiger charge is 2.32. The van der Waals surface area contributed by atoms with E-state index in [9.17, 15) is 32.3 Å². The maximum atomic E-state index is 13.5. The molecule has 6 nitrogen and oxygen atoms in total. The summed E-state index contributed by atoms with van der Waals surface area (Å²) in [6.45, 7) is 2.89. The van der Waals surface area contributed by atoms with E-state index in [1.165, 1.54) is 0 Å². The number of nitrogens with one attached hydrogen (secondary N) is 1. The minimum atomic E-state index is -4.73. The maximum absolute atomic E-state index is 13.5. The fourth-order valence-electron chi connectivity index (χ4n) is 4.08. The molecule has 2 N–H and O–H groups in total. The van der Waals surface area contributed by atoms with Gasteiger partial charge in [-0.25, -0.2) is 4.39 Å². The van der Waals surface area contributed by atoms with Crippen molar-refractivity contribution in [3.05, 3.63) is 35.1 Å². The summed E-state index contributed by atoms with van der Waals surface area (Å²) in [6.07, 6.45) is -2.18. The van der Waals surface area contributed by atoms with Crippen molar-refractivity contribution in [3.8, 4) is 0 Å². The molecule has 2 aliphatic heterocycles. The molecule has 2 fully saturated rings. The molecule has 1 aromatic carbocycles. The average molecular weight is 445 g/mol. The van der Waals surface area contributed by atoms with Crippen LogP contribution in [0.3, 0.4) is 0 Å². The van der Waals surface area contributed by atoms with Gasteiger partial charge in [0, 0.05) is 31.7 Å². The number of aliphatic hydroxyl groups is 1. The number of halogens is 4. The van der Waals surface area contributed by atoms with Gasteiger partial charge in [-0.1, -0.05) is 0 Å². The smallest absolute Gasteiger partial charge is 0.392 e.